The molecule has 0 aliphatic rings. The number of carbonyl (C=O) groups excluding carboxylic acids is 1. The Bertz CT molecular complexity index is 1630. The number of hydrogen-bond donors (Lipinski definition) is 0. The topological polar surface area (TPSA) is 108 Å². The Kier molecular flexibility index (Phi) is 8.03. The number of non-ortho nitro benzene ring substituents is 1. The van der Waals surface area contributed by atoms with Gasteiger partial charge in [0.25, 0.3) is 5.69 Å². The molecule has 5 rings (SSSR count). The number of aliphatic imine (C=N–C) groups is 1. The average Bonchev–Trinajstić information content (AvgIpc) is 3.01. The summed E-state index contributed by atoms with van der Waals surface area (Å²) in [5, 5.41) is 12.0. The Morgan fingerprint density at radius 2 is 1.45 bits per heavy atom. The minimum Gasteiger partial charge on any atom is -0.465 e. The molecule has 9 heteroatoms. The standard InChI is InChI=1S/C31H22N4O4S/c1-39-30(36)23-12-14-25(15-13-23)32-20-24-18-26(35(37)38)16-17-29(24)40-31-33-27(21-8-4-2-5-9-21)19-28(34-31)22-10-6-3-7-11-22/h2-20H,1H3. The Hall–Kier alpha value is -5.15. The Balaban J connectivity index is 1.53. The summed E-state index contributed by atoms with van der Waals surface area (Å²) >= 11 is 1.30. The lowest BCUT2D eigenvalue weighted by Gasteiger charge is -2.10. The third-order valence-electron chi connectivity index (χ3n) is 5.89. The highest BCUT2D eigenvalue weighted by Gasteiger charge is 2.15. The fourth-order valence-electron chi connectivity index (χ4n) is 3.87. The normalized spacial score (nSPS) is 10.9. The highest BCUT2D eigenvalue weighted by molar-refractivity contribution is 7.99. The lowest BCUT2D eigenvalue weighted by Crippen LogP contribution is -1.99. The summed E-state index contributed by atoms with van der Waals surface area (Å²) in [5.74, 6) is -0.444. The maximum Gasteiger partial charge on any atom is 0.337 e. The predicted molar refractivity (Wildman–Crippen MR) is 155 cm³/mol. The molecule has 1 aromatic heterocycles. The number of ether oxygens (including phenoxy) is 1. The second-order valence-electron chi connectivity index (χ2n) is 8.53. The van der Waals surface area contributed by atoms with E-state index < -0.39 is 10.9 Å². The van der Waals surface area contributed by atoms with Gasteiger partial charge in [-0.15, -0.1) is 0 Å². The molecular weight excluding hydrogens is 524 g/mol. The molecule has 40 heavy (non-hydrogen) atoms. The average molecular weight is 547 g/mol. The van der Waals surface area contributed by atoms with E-state index in [0.29, 0.717) is 26.9 Å². The predicted octanol–water partition coefficient (Wildman–Crippen LogP) is 7.41. The number of esters is 1. The van der Waals surface area contributed by atoms with Gasteiger partial charge in [0.2, 0.25) is 0 Å². The smallest absolute Gasteiger partial charge is 0.337 e. The lowest BCUT2D eigenvalue weighted by atomic mass is 10.1. The number of benzene rings is 4. The monoisotopic (exact) mass is 546 g/mol. The van der Waals surface area contributed by atoms with E-state index in [4.69, 9.17) is 14.7 Å². The van der Waals surface area contributed by atoms with Crippen LogP contribution in [0.1, 0.15) is 15.9 Å². The molecule has 0 aliphatic heterocycles. The molecule has 0 amide bonds. The van der Waals surface area contributed by atoms with Gasteiger partial charge >= 0.3 is 5.97 Å². The molecule has 0 radical (unpaired) electrons. The van der Waals surface area contributed by atoms with Gasteiger partial charge in [-0.2, -0.15) is 0 Å². The van der Waals surface area contributed by atoms with Crippen molar-refractivity contribution in [2.75, 3.05) is 7.11 Å². The van der Waals surface area contributed by atoms with Crippen molar-refractivity contribution >= 4 is 35.3 Å². The first kappa shape index (κ1) is 26.5. The molecule has 5 aromatic rings. The number of aromatic nitrogens is 2. The van der Waals surface area contributed by atoms with Crippen LogP contribution in [0.5, 0.6) is 0 Å². The van der Waals surface area contributed by atoms with E-state index in [1.165, 1.54) is 31.0 Å². The molecule has 1 heterocycles. The first-order valence-corrected chi connectivity index (χ1v) is 13.0. The highest BCUT2D eigenvalue weighted by Crippen LogP contribution is 2.33. The minimum atomic E-state index is -0.447. The van der Waals surface area contributed by atoms with Crippen LogP contribution < -0.4 is 0 Å². The van der Waals surface area contributed by atoms with Crippen LogP contribution >= 0.6 is 11.8 Å². The number of rotatable bonds is 8. The Morgan fingerprint density at radius 3 is 2.00 bits per heavy atom. The third-order valence-corrected chi connectivity index (χ3v) is 6.85. The summed E-state index contributed by atoms with van der Waals surface area (Å²) in [6.45, 7) is 0. The zero-order valence-electron chi connectivity index (χ0n) is 21.3. The lowest BCUT2D eigenvalue weighted by molar-refractivity contribution is -0.384. The first-order chi connectivity index (χ1) is 19.5. The Labute approximate surface area is 234 Å². The van der Waals surface area contributed by atoms with Crippen molar-refractivity contribution in [2.45, 2.75) is 10.1 Å². The van der Waals surface area contributed by atoms with E-state index in [9.17, 15) is 14.9 Å². The first-order valence-electron chi connectivity index (χ1n) is 12.2. The van der Waals surface area contributed by atoms with Crippen LogP contribution in [0.3, 0.4) is 0 Å². The maximum absolute atomic E-state index is 11.7. The minimum absolute atomic E-state index is 0.0595. The van der Waals surface area contributed by atoms with Crippen molar-refractivity contribution in [3.8, 4) is 22.5 Å². The van der Waals surface area contributed by atoms with Crippen LogP contribution in [0.4, 0.5) is 11.4 Å². The number of methoxy groups -OCH3 is 1. The quantitative estimate of drug-likeness (QED) is 0.0656. The largest absolute Gasteiger partial charge is 0.465 e. The number of nitro groups is 1. The molecule has 0 saturated heterocycles. The molecular formula is C31H22N4O4S. The fourth-order valence-corrected chi connectivity index (χ4v) is 4.72. The van der Waals surface area contributed by atoms with E-state index in [1.54, 1.807) is 36.5 Å². The van der Waals surface area contributed by atoms with Crippen molar-refractivity contribution in [1.29, 1.82) is 0 Å². The summed E-state index contributed by atoms with van der Waals surface area (Å²) in [6, 6.07) is 32.8. The van der Waals surface area contributed by atoms with Crippen molar-refractivity contribution in [3.05, 3.63) is 130 Å². The zero-order valence-corrected chi connectivity index (χ0v) is 22.1. The van der Waals surface area contributed by atoms with Crippen molar-refractivity contribution in [2.24, 2.45) is 4.99 Å². The van der Waals surface area contributed by atoms with Crippen LogP contribution in [-0.2, 0) is 4.74 Å². The van der Waals surface area contributed by atoms with Crippen LogP contribution in [0.15, 0.2) is 124 Å². The van der Waals surface area contributed by atoms with Crippen LogP contribution in [0, 0.1) is 10.1 Å². The molecule has 8 nitrogen and oxygen atoms in total. The van der Waals surface area contributed by atoms with Crippen LogP contribution in [0.2, 0.25) is 0 Å². The fraction of sp³-hybridized carbons (Fsp3) is 0.0323. The van der Waals surface area contributed by atoms with Crippen molar-refractivity contribution in [3.63, 3.8) is 0 Å². The van der Waals surface area contributed by atoms with E-state index in [2.05, 4.69) is 4.99 Å². The van der Waals surface area contributed by atoms with Crippen LogP contribution in [-0.4, -0.2) is 34.2 Å². The molecule has 0 unspecified atom stereocenters. The molecule has 0 aliphatic carbocycles. The molecule has 0 N–H and O–H groups in total. The molecule has 196 valence electrons. The molecule has 0 bridgehead atoms. The summed E-state index contributed by atoms with van der Waals surface area (Å²) < 4.78 is 4.73. The van der Waals surface area contributed by atoms with Gasteiger partial charge < -0.3 is 4.74 Å². The maximum atomic E-state index is 11.7. The summed E-state index contributed by atoms with van der Waals surface area (Å²) in [5.41, 5.74) is 4.87. The van der Waals surface area contributed by atoms with Gasteiger partial charge in [-0.1, -0.05) is 60.7 Å². The Morgan fingerprint density at radius 1 is 0.850 bits per heavy atom. The number of carbonyl (C=O) groups is 1. The highest BCUT2D eigenvalue weighted by atomic mass is 32.2. The van der Waals surface area contributed by atoms with Gasteiger partial charge in [0.05, 0.1) is 34.7 Å². The van der Waals surface area contributed by atoms with Gasteiger partial charge in [0.15, 0.2) is 5.16 Å². The third kappa shape index (κ3) is 6.28. The van der Waals surface area contributed by atoms with E-state index in [-0.39, 0.29) is 5.69 Å². The second kappa shape index (κ2) is 12.1. The van der Waals surface area contributed by atoms with Gasteiger partial charge in [0.1, 0.15) is 0 Å². The summed E-state index contributed by atoms with van der Waals surface area (Å²) in [6.07, 6.45) is 1.56. The molecule has 0 spiro atoms. The second-order valence-corrected chi connectivity index (χ2v) is 9.54. The van der Waals surface area contributed by atoms with Gasteiger partial charge in [-0.05, 0) is 48.2 Å². The zero-order chi connectivity index (χ0) is 27.9. The molecule has 0 fully saturated rings. The molecule has 0 atom stereocenters. The summed E-state index contributed by atoms with van der Waals surface area (Å²) in [7, 11) is 1.32. The van der Waals surface area contributed by atoms with Crippen molar-refractivity contribution < 1.29 is 14.5 Å². The SMILES string of the molecule is COC(=O)c1ccc(N=Cc2cc([N+](=O)[O-])ccc2Sc2nc(-c3ccccc3)cc(-c3ccccc3)n2)cc1. The summed E-state index contributed by atoms with van der Waals surface area (Å²) in [4.78, 5) is 37.6. The number of hydrogen-bond acceptors (Lipinski definition) is 8. The van der Waals surface area contributed by atoms with Gasteiger partial charge in [-0.3, -0.25) is 15.1 Å². The van der Waals surface area contributed by atoms with E-state index in [1.807, 2.05) is 66.7 Å². The van der Waals surface area contributed by atoms with Crippen LogP contribution in [0.25, 0.3) is 22.5 Å². The van der Waals surface area contributed by atoms with Gasteiger partial charge in [-0.25, -0.2) is 14.8 Å². The number of nitrogens with zero attached hydrogens (tertiary/aromatic N) is 4. The number of nitro benzene ring substituents is 1. The van der Waals surface area contributed by atoms with E-state index in [0.717, 1.165) is 22.5 Å². The van der Waals surface area contributed by atoms with E-state index >= 15 is 0 Å². The van der Waals surface area contributed by atoms with Gasteiger partial charge in [0, 0.05) is 39.9 Å². The van der Waals surface area contributed by atoms with Crippen molar-refractivity contribution in [1.82, 2.24) is 9.97 Å². The molecule has 0 saturated carbocycles. The molecule has 4 aromatic carbocycles.